The van der Waals surface area contributed by atoms with Gasteiger partial charge in [-0.15, -0.1) is 0 Å². The number of aliphatic imine (C=N–C) groups is 1. The third kappa shape index (κ3) is 10.0. The molecule has 25 heavy (non-hydrogen) atoms. The van der Waals surface area contributed by atoms with Gasteiger partial charge < -0.3 is 15.4 Å². The largest absolute Gasteiger partial charge is 0.379 e. The van der Waals surface area contributed by atoms with Gasteiger partial charge in [0.1, 0.15) is 0 Å². The normalized spacial score (nSPS) is 16.9. The minimum Gasteiger partial charge on any atom is -0.379 e. The van der Waals surface area contributed by atoms with E-state index in [0.717, 1.165) is 58.3 Å². The fourth-order valence-corrected chi connectivity index (χ4v) is 3.29. The number of hydrogen-bond acceptors (Lipinski definition) is 4. The highest BCUT2D eigenvalue weighted by molar-refractivity contribution is 5.79. The summed E-state index contributed by atoms with van der Waals surface area (Å²) in [5.41, 5.74) is 0. The lowest BCUT2D eigenvalue weighted by atomic mass is 10.2. The van der Waals surface area contributed by atoms with Crippen LogP contribution in [-0.2, 0) is 4.74 Å². The van der Waals surface area contributed by atoms with Crippen molar-refractivity contribution in [3.8, 4) is 0 Å². The number of nitrogens with zero attached hydrogens (tertiary/aromatic N) is 3. The van der Waals surface area contributed by atoms with Crippen LogP contribution in [0.3, 0.4) is 0 Å². The molecule has 1 rings (SSSR count). The minimum atomic E-state index is 0.601. The third-order valence-electron chi connectivity index (χ3n) is 4.73. The Hall–Kier alpha value is -0.850. The first kappa shape index (κ1) is 22.2. The monoisotopic (exact) mass is 355 g/mol. The summed E-state index contributed by atoms with van der Waals surface area (Å²) < 4.78 is 5.38. The van der Waals surface area contributed by atoms with Gasteiger partial charge in [-0.2, -0.15) is 0 Å². The molecule has 0 spiro atoms. The lowest BCUT2D eigenvalue weighted by molar-refractivity contribution is 0.0372. The molecular weight excluding hydrogens is 314 g/mol. The summed E-state index contributed by atoms with van der Waals surface area (Å²) in [6, 6.07) is 1.20. The van der Waals surface area contributed by atoms with Gasteiger partial charge in [-0.1, -0.05) is 0 Å². The maximum atomic E-state index is 5.38. The van der Waals surface area contributed by atoms with Gasteiger partial charge in [-0.3, -0.25) is 14.8 Å². The van der Waals surface area contributed by atoms with Crippen LogP contribution in [0.5, 0.6) is 0 Å². The molecule has 6 heteroatoms. The quantitative estimate of drug-likeness (QED) is 0.336. The molecule has 1 saturated heterocycles. The minimum absolute atomic E-state index is 0.601. The van der Waals surface area contributed by atoms with Crippen molar-refractivity contribution in [2.45, 2.75) is 59.0 Å². The molecule has 0 amide bonds. The zero-order chi connectivity index (χ0) is 18.5. The Morgan fingerprint density at radius 1 is 1.00 bits per heavy atom. The molecule has 0 atom stereocenters. The van der Waals surface area contributed by atoms with Gasteiger partial charge in [0.05, 0.1) is 13.2 Å². The molecule has 148 valence electrons. The summed E-state index contributed by atoms with van der Waals surface area (Å²) in [4.78, 5) is 9.34. The summed E-state index contributed by atoms with van der Waals surface area (Å²) in [6.07, 6.45) is 3.53. The number of guanidine groups is 1. The highest BCUT2D eigenvalue weighted by Gasteiger charge is 2.12. The summed E-state index contributed by atoms with van der Waals surface area (Å²) in [6.45, 7) is 17.3. The van der Waals surface area contributed by atoms with Crippen LogP contribution in [0.1, 0.15) is 47.0 Å². The van der Waals surface area contributed by atoms with E-state index in [1.165, 1.54) is 19.4 Å². The molecule has 1 aliphatic rings. The summed E-state index contributed by atoms with van der Waals surface area (Å²) in [5.74, 6) is 0.923. The summed E-state index contributed by atoms with van der Waals surface area (Å²) >= 11 is 0. The molecule has 0 aromatic rings. The van der Waals surface area contributed by atoms with Crippen LogP contribution < -0.4 is 10.6 Å². The predicted molar refractivity (Wildman–Crippen MR) is 107 cm³/mol. The van der Waals surface area contributed by atoms with Crippen molar-refractivity contribution in [1.82, 2.24) is 20.4 Å². The standard InChI is InChI=1S/C19H41N5O/c1-17(2)24(18(3)4)12-8-10-22-19(20-5)21-9-6-7-11-23-13-15-25-16-14-23/h17-18H,6-16H2,1-5H3,(H2,20,21,22). The second-order valence-corrected chi connectivity index (χ2v) is 7.37. The van der Waals surface area contributed by atoms with Gasteiger partial charge in [-0.25, -0.2) is 0 Å². The van der Waals surface area contributed by atoms with Gasteiger partial charge in [0.25, 0.3) is 0 Å². The van der Waals surface area contributed by atoms with Crippen molar-refractivity contribution in [1.29, 1.82) is 0 Å². The van der Waals surface area contributed by atoms with E-state index in [9.17, 15) is 0 Å². The van der Waals surface area contributed by atoms with Crippen LogP contribution in [-0.4, -0.2) is 87.4 Å². The van der Waals surface area contributed by atoms with E-state index >= 15 is 0 Å². The Bertz CT molecular complexity index is 346. The maximum Gasteiger partial charge on any atom is 0.190 e. The van der Waals surface area contributed by atoms with Crippen LogP contribution in [0.2, 0.25) is 0 Å². The van der Waals surface area contributed by atoms with E-state index in [2.05, 4.69) is 53.1 Å². The number of ether oxygens (including phenoxy) is 1. The first-order valence-corrected chi connectivity index (χ1v) is 10.0. The average molecular weight is 356 g/mol. The average Bonchev–Trinajstić information content (AvgIpc) is 2.59. The molecule has 1 fully saturated rings. The Morgan fingerprint density at radius 2 is 1.60 bits per heavy atom. The fourth-order valence-electron chi connectivity index (χ4n) is 3.29. The first-order valence-electron chi connectivity index (χ1n) is 10.0. The molecule has 2 N–H and O–H groups in total. The van der Waals surface area contributed by atoms with E-state index < -0.39 is 0 Å². The molecule has 1 heterocycles. The van der Waals surface area contributed by atoms with Crippen LogP contribution in [0, 0.1) is 0 Å². The number of rotatable bonds is 11. The van der Waals surface area contributed by atoms with E-state index in [1.54, 1.807) is 0 Å². The smallest absolute Gasteiger partial charge is 0.190 e. The van der Waals surface area contributed by atoms with Gasteiger partial charge in [0.2, 0.25) is 0 Å². The second kappa shape index (κ2) is 13.4. The van der Waals surface area contributed by atoms with Gasteiger partial charge >= 0.3 is 0 Å². The van der Waals surface area contributed by atoms with Crippen LogP contribution in [0.25, 0.3) is 0 Å². The zero-order valence-electron chi connectivity index (χ0n) is 17.2. The van der Waals surface area contributed by atoms with Crippen molar-refractivity contribution in [3.05, 3.63) is 0 Å². The highest BCUT2D eigenvalue weighted by Crippen LogP contribution is 2.05. The molecule has 0 radical (unpaired) electrons. The first-order chi connectivity index (χ1) is 12.0. The molecule has 0 saturated carbocycles. The number of nitrogens with one attached hydrogen (secondary N) is 2. The summed E-state index contributed by atoms with van der Waals surface area (Å²) in [7, 11) is 1.84. The van der Waals surface area contributed by atoms with Crippen molar-refractivity contribution in [3.63, 3.8) is 0 Å². The van der Waals surface area contributed by atoms with Crippen molar-refractivity contribution < 1.29 is 4.74 Å². The SMILES string of the molecule is CN=C(NCCCCN1CCOCC1)NCCCN(C(C)C)C(C)C. The van der Waals surface area contributed by atoms with E-state index in [4.69, 9.17) is 4.74 Å². The van der Waals surface area contributed by atoms with E-state index in [0.29, 0.717) is 12.1 Å². The van der Waals surface area contributed by atoms with Crippen LogP contribution >= 0.6 is 0 Å². The molecule has 1 aliphatic heterocycles. The van der Waals surface area contributed by atoms with Gasteiger partial charge in [0.15, 0.2) is 5.96 Å². The Morgan fingerprint density at radius 3 is 2.16 bits per heavy atom. The van der Waals surface area contributed by atoms with Gasteiger partial charge in [0, 0.05) is 51.9 Å². The van der Waals surface area contributed by atoms with Crippen LogP contribution in [0.4, 0.5) is 0 Å². The Kier molecular flexibility index (Phi) is 11.9. The Labute approximate surface area is 155 Å². The van der Waals surface area contributed by atoms with Crippen LogP contribution in [0.15, 0.2) is 4.99 Å². The lowest BCUT2D eigenvalue weighted by Gasteiger charge is -2.30. The number of unbranched alkanes of at least 4 members (excludes halogenated alkanes) is 1. The molecule has 0 aromatic carbocycles. The van der Waals surface area contributed by atoms with Crippen molar-refractivity contribution >= 4 is 5.96 Å². The van der Waals surface area contributed by atoms with Crippen molar-refractivity contribution in [2.75, 3.05) is 59.5 Å². The maximum absolute atomic E-state index is 5.38. The molecule has 0 unspecified atom stereocenters. The third-order valence-corrected chi connectivity index (χ3v) is 4.73. The molecule has 6 nitrogen and oxygen atoms in total. The molecule has 0 aliphatic carbocycles. The predicted octanol–water partition coefficient (Wildman–Crippen LogP) is 1.77. The Balaban J connectivity index is 2.06. The van der Waals surface area contributed by atoms with Crippen molar-refractivity contribution in [2.24, 2.45) is 4.99 Å². The topological polar surface area (TPSA) is 52.1 Å². The number of morpholine rings is 1. The van der Waals surface area contributed by atoms with Gasteiger partial charge in [-0.05, 0) is 53.5 Å². The zero-order valence-corrected chi connectivity index (χ0v) is 17.2. The molecular formula is C19H41N5O. The fraction of sp³-hybridized carbons (Fsp3) is 0.947. The molecule has 0 aromatic heterocycles. The number of hydrogen-bond donors (Lipinski definition) is 2. The molecule has 0 bridgehead atoms. The second-order valence-electron chi connectivity index (χ2n) is 7.37. The van der Waals surface area contributed by atoms with E-state index in [-0.39, 0.29) is 0 Å². The lowest BCUT2D eigenvalue weighted by Crippen LogP contribution is -2.41. The van der Waals surface area contributed by atoms with E-state index in [1.807, 2.05) is 7.05 Å². The highest BCUT2D eigenvalue weighted by atomic mass is 16.5. The summed E-state index contributed by atoms with van der Waals surface area (Å²) in [5, 5.41) is 6.85.